The summed E-state index contributed by atoms with van der Waals surface area (Å²) in [6.45, 7) is 43.2. The number of fused-ring (bicyclic) bond motifs is 3. The summed E-state index contributed by atoms with van der Waals surface area (Å²) in [7, 11) is 0. The van der Waals surface area contributed by atoms with E-state index in [0.717, 1.165) is 80.8 Å². The van der Waals surface area contributed by atoms with Gasteiger partial charge in [-0.2, -0.15) is 0 Å². The summed E-state index contributed by atoms with van der Waals surface area (Å²) in [5.74, 6) is 10.6. The Hall–Kier alpha value is 0. The molecular weight excluding hydrogens is 973 g/mol. The van der Waals surface area contributed by atoms with E-state index in [1.807, 2.05) is 0 Å². The summed E-state index contributed by atoms with van der Waals surface area (Å²) in [5, 5.41) is 0. The second kappa shape index (κ2) is 28.2. The van der Waals surface area contributed by atoms with Gasteiger partial charge >= 0.3 is 0 Å². The normalized spacial score (nSPS) is 37.0. The van der Waals surface area contributed by atoms with Crippen molar-refractivity contribution in [3.8, 4) is 0 Å². The first-order valence-electron chi connectivity index (χ1n) is 37.8. The van der Waals surface area contributed by atoms with Crippen LogP contribution in [0.3, 0.4) is 0 Å². The highest BCUT2D eigenvalue weighted by atomic mass is 14.6. The van der Waals surface area contributed by atoms with Crippen LogP contribution in [0.25, 0.3) is 0 Å². The van der Waals surface area contributed by atoms with Crippen LogP contribution in [0.15, 0.2) is 0 Å². The van der Waals surface area contributed by atoms with Gasteiger partial charge in [0.25, 0.3) is 0 Å². The molecule has 81 heavy (non-hydrogen) atoms. The molecule has 0 saturated heterocycles. The van der Waals surface area contributed by atoms with Crippen LogP contribution in [0.5, 0.6) is 0 Å². The Kier molecular flexibility index (Phi) is 23.9. The van der Waals surface area contributed by atoms with Gasteiger partial charge < -0.3 is 0 Å². The zero-order valence-electron chi connectivity index (χ0n) is 59.2. The fourth-order valence-electron chi connectivity index (χ4n) is 22.8. The molecule has 15 aliphatic carbocycles. The third-order valence-corrected chi connectivity index (χ3v) is 27.9. The van der Waals surface area contributed by atoms with Crippen molar-refractivity contribution in [3.63, 3.8) is 0 Å². The molecule has 0 amide bonds. The van der Waals surface area contributed by atoms with Gasteiger partial charge in [-0.25, -0.2) is 0 Å². The van der Waals surface area contributed by atoms with Crippen molar-refractivity contribution < 1.29 is 0 Å². The molecule has 0 radical (unpaired) electrons. The van der Waals surface area contributed by atoms with Gasteiger partial charge in [-0.1, -0.05) is 215 Å². The second-order valence-corrected chi connectivity index (χ2v) is 39.5. The molecule has 15 fully saturated rings. The van der Waals surface area contributed by atoms with Gasteiger partial charge in [0.15, 0.2) is 0 Å². The molecular formula is C81H150. The minimum atomic E-state index is 0.500. The molecule has 15 rings (SSSR count). The quantitative estimate of drug-likeness (QED) is 0.245. The maximum Gasteiger partial charge on any atom is -0.0287 e. The van der Waals surface area contributed by atoms with E-state index >= 15 is 0 Å². The van der Waals surface area contributed by atoms with Gasteiger partial charge in [0.2, 0.25) is 0 Å². The predicted octanol–water partition coefficient (Wildman–Crippen LogP) is 27.2. The number of hydrogen-bond donors (Lipinski definition) is 0. The largest absolute Gasteiger partial charge is 0.0649 e. The van der Waals surface area contributed by atoms with Crippen molar-refractivity contribution in [2.45, 2.75) is 401 Å². The van der Waals surface area contributed by atoms with E-state index in [1.165, 1.54) is 186 Å². The molecule has 0 heteroatoms. The Balaban J connectivity index is 0.000000138. The molecule has 0 unspecified atom stereocenters. The van der Waals surface area contributed by atoms with Gasteiger partial charge in [-0.3, -0.25) is 0 Å². The highest BCUT2D eigenvalue weighted by molar-refractivity contribution is 5.02. The SMILES string of the molecule is CC(C)(C)C.CC1CCC2(CC1)CC(C)(C)CC(C)(C)C2.CC1CCC2(CC1)CCC(C)(C)CC2.CC1CCC2(CCCC2)CC1.CC1CCC2(CCCCC2)CC1.CCC12CC3CC(CC(C3)C1)C2.C[C@@H]1C2CCC(CC2)C1(C)C. The van der Waals surface area contributed by atoms with Crippen LogP contribution < -0.4 is 0 Å². The van der Waals surface area contributed by atoms with Crippen LogP contribution in [-0.2, 0) is 0 Å². The highest BCUT2D eigenvalue weighted by Crippen LogP contribution is 2.63. The second-order valence-electron chi connectivity index (χ2n) is 39.5. The van der Waals surface area contributed by atoms with E-state index in [4.69, 9.17) is 0 Å². The van der Waals surface area contributed by atoms with Crippen molar-refractivity contribution in [2.75, 3.05) is 0 Å². The average molecular weight is 1120 g/mol. The lowest BCUT2D eigenvalue weighted by Crippen LogP contribution is -2.45. The van der Waals surface area contributed by atoms with Crippen LogP contribution in [0.2, 0.25) is 0 Å². The smallest absolute Gasteiger partial charge is 0.0287 e. The van der Waals surface area contributed by atoms with Crippen molar-refractivity contribution in [1.29, 1.82) is 0 Å². The van der Waals surface area contributed by atoms with Crippen LogP contribution in [-0.4, -0.2) is 0 Å². The predicted molar refractivity (Wildman–Crippen MR) is 360 cm³/mol. The van der Waals surface area contributed by atoms with E-state index in [-0.39, 0.29) is 0 Å². The van der Waals surface area contributed by atoms with Gasteiger partial charge in [0, 0.05) is 0 Å². The molecule has 0 nitrogen and oxygen atoms in total. The molecule has 0 aromatic heterocycles. The summed E-state index contributed by atoms with van der Waals surface area (Å²) in [6, 6.07) is 0. The first-order chi connectivity index (χ1) is 37.8. The van der Waals surface area contributed by atoms with Gasteiger partial charge in [-0.05, 0) is 300 Å². The Morgan fingerprint density at radius 1 is 0.333 bits per heavy atom. The lowest BCUT2D eigenvalue weighted by Gasteiger charge is -2.56. The van der Waals surface area contributed by atoms with Crippen molar-refractivity contribution in [3.05, 3.63) is 0 Å². The van der Waals surface area contributed by atoms with Gasteiger partial charge in [0.1, 0.15) is 0 Å². The highest BCUT2D eigenvalue weighted by Gasteiger charge is 2.51. The van der Waals surface area contributed by atoms with Crippen LogP contribution >= 0.6 is 0 Å². The molecule has 15 saturated carbocycles. The molecule has 0 aliphatic heterocycles. The topological polar surface area (TPSA) is 0 Å². The lowest BCUT2D eigenvalue weighted by molar-refractivity contribution is -0.0545. The maximum atomic E-state index is 2.49. The van der Waals surface area contributed by atoms with E-state index in [1.54, 1.807) is 89.9 Å². The van der Waals surface area contributed by atoms with Crippen LogP contribution in [0.4, 0.5) is 0 Å². The van der Waals surface area contributed by atoms with E-state index in [2.05, 4.69) is 125 Å². The monoisotopic (exact) mass is 1120 g/mol. The minimum absolute atomic E-state index is 0.500. The molecule has 15 aliphatic rings. The minimum Gasteiger partial charge on any atom is -0.0649 e. The number of rotatable bonds is 1. The fourth-order valence-corrected chi connectivity index (χ4v) is 22.8. The maximum absolute atomic E-state index is 2.49. The van der Waals surface area contributed by atoms with E-state index in [9.17, 15) is 0 Å². The zero-order valence-corrected chi connectivity index (χ0v) is 59.2. The molecule has 1 atom stereocenters. The number of hydrogen-bond acceptors (Lipinski definition) is 0. The van der Waals surface area contributed by atoms with Gasteiger partial charge in [-0.15, -0.1) is 0 Å². The molecule has 0 aromatic carbocycles. The summed E-state index contributed by atoms with van der Waals surface area (Å²) in [6.07, 6.45) is 65.6. The Bertz CT molecular complexity index is 1710. The third kappa shape index (κ3) is 20.3. The Labute approximate surface area is 511 Å². The fraction of sp³-hybridized carbons (Fsp3) is 1.00. The molecule has 474 valence electrons. The first kappa shape index (κ1) is 68.5. The van der Waals surface area contributed by atoms with Crippen molar-refractivity contribution in [1.82, 2.24) is 0 Å². The average Bonchev–Trinajstić information content (AvgIpc) is 3.93. The Morgan fingerprint density at radius 3 is 0.938 bits per heavy atom. The summed E-state index contributed by atoms with van der Waals surface area (Å²) < 4.78 is 0. The van der Waals surface area contributed by atoms with Gasteiger partial charge in [0.05, 0.1) is 0 Å². The Morgan fingerprint density at radius 2 is 0.642 bits per heavy atom. The van der Waals surface area contributed by atoms with E-state index < -0.39 is 0 Å². The van der Waals surface area contributed by atoms with Crippen molar-refractivity contribution >= 4 is 0 Å². The van der Waals surface area contributed by atoms with E-state index in [0.29, 0.717) is 32.5 Å². The van der Waals surface area contributed by atoms with Crippen molar-refractivity contribution in [2.24, 2.45) is 113 Å². The van der Waals surface area contributed by atoms with Crippen LogP contribution in [0.1, 0.15) is 401 Å². The molecule has 4 spiro atoms. The summed E-state index contributed by atoms with van der Waals surface area (Å²) in [4.78, 5) is 0. The molecule has 0 N–H and O–H groups in total. The molecule has 6 bridgehead atoms. The first-order valence-corrected chi connectivity index (χ1v) is 37.8. The molecule has 0 aromatic rings. The standard InChI is InChI=1S/C16H30.C14H26.C12H20.C12H22.2C11H20.C5H12/c1-13-6-8-16(9-7-13)11-14(2,3)10-15(4,5)12-16;1-12-4-6-14(7-5-12)10-8-13(2,3)9-11-14;1-2-12-6-9-3-10(7-12)5-11(4-9)8-12;1-11-5-9-12(10-6-11)7-3-2-4-8-12;1-8-9-4-6-10(7-5-9)11(8,2)3;1-10-4-8-11(9-5-10)6-2-3-7-11;1-5(2,3)4/h13H,6-12H2,1-5H3;12H,4-11H2,1-3H3;9-11H,2-8H2,1H3;11H,2-10H2,1H3;8-10H,4-7H2,1-3H3;10H,2-9H2,1H3;1-4H3/t;;;;8-,9?,10?;;/m....1../s1. The zero-order chi connectivity index (χ0) is 59.2. The summed E-state index contributed by atoms with van der Waals surface area (Å²) in [5.41, 5.74) is 6.98. The molecule has 0 heterocycles. The summed E-state index contributed by atoms with van der Waals surface area (Å²) >= 11 is 0. The van der Waals surface area contributed by atoms with Crippen LogP contribution in [0, 0.1) is 113 Å². The lowest BCUT2D eigenvalue weighted by atomic mass is 9.49. The third-order valence-electron chi connectivity index (χ3n) is 27.9.